The molecule has 0 heterocycles. The molecule has 0 aliphatic rings. The molecule has 0 aliphatic heterocycles. The summed E-state index contributed by atoms with van der Waals surface area (Å²) in [6.07, 6.45) is 85.5. The monoisotopic (exact) mass is 988 g/mol. The highest BCUT2D eigenvalue weighted by Gasteiger charge is 2.19. The molecule has 0 aromatic rings. The molecule has 4 nitrogen and oxygen atoms in total. The van der Waals surface area contributed by atoms with E-state index in [9.17, 15) is 13.0 Å². The summed E-state index contributed by atoms with van der Waals surface area (Å²) in [5.41, 5.74) is 0. The molecule has 0 aromatic heterocycles. The van der Waals surface area contributed by atoms with E-state index in [2.05, 4.69) is 57.6 Å². The fraction of sp³-hybridized carbons (Fsp3) is 0.906. The summed E-state index contributed by atoms with van der Waals surface area (Å²) in [5.74, 6) is -0.262. The molecule has 0 amide bonds. The number of quaternary nitrogens is 1. The number of unbranched alkanes of at least 4 members (excludes halogenated alkanes) is 49. The van der Waals surface area contributed by atoms with Gasteiger partial charge in [-0.1, -0.05) is 310 Å². The maximum absolute atomic E-state index is 11.5. The second-order valence-corrected chi connectivity index (χ2v) is 23.6. The van der Waals surface area contributed by atoms with Gasteiger partial charge in [0.15, 0.2) is 0 Å². The fourth-order valence-electron chi connectivity index (χ4n) is 10.3. The van der Waals surface area contributed by atoms with Crippen molar-refractivity contribution in [2.24, 2.45) is 0 Å². The number of rotatable bonds is 59. The van der Waals surface area contributed by atoms with Gasteiger partial charge in [-0.25, -0.2) is 12.9 Å². The SMILES string of the molecule is CCCCCCCCCCCCCCCCCC/C=C/[N+](/C=C/CCCCCCCCCCCCCCCCCC)(/C=C/CCCCCCCCCCCCCCCCCC)CCCCS(=O)(=O)[O-]. The molecule has 0 saturated carbocycles. The molecule has 69 heavy (non-hydrogen) atoms. The van der Waals surface area contributed by atoms with Crippen LogP contribution in [0.4, 0.5) is 0 Å². The van der Waals surface area contributed by atoms with E-state index in [0.29, 0.717) is 10.9 Å². The van der Waals surface area contributed by atoms with Crippen LogP contribution in [-0.2, 0) is 10.1 Å². The second kappa shape index (κ2) is 56.4. The molecule has 410 valence electrons. The van der Waals surface area contributed by atoms with E-state index in [4.69, 9.17) is 0 Å². The van der Waals surface area contributed by atoms with Gasteiger partial charge < -0.3 is 4.55 Å². The highest BCUT2D eigenvalue weighted by atomic mass is 32.2. The summed E-state index contributed by atoms with van der Waals surface area (Å²) >= 11 is 0. The molecule has 0 aromatic carbocycles. The van der Waals surface area contributed by atoms with E-state index < -0.39 is 10.1 Å². The van der Waals surface area contributed by atoms with E-state index in [1.807, 2.05) is 0 Å². The number of hydrogen-bond acceptors (Lipinski definition) is 3. The van der Waals surface area contributed by atoms with Gasteiger partial charge in [0, 0.05) is 5.75 Å². The molecule has 0 rings (SSSR count). The van der Waals surface area contributed by atoms with Crippen molar-refractivity contribution in [3.8, 4) is 0 Å². The minimum Gasteiger partial charge on any atom is -0.748 e. The van der Waals surface area contributed by atoms with Crippen LogP contribution in [0.15, 0.2) is 36.8 Å². The Morgan fingerprint density at radius 1 is 0.275 bits per heavy atom. The van der Waals surface area contributed by atoms with Crippen molar-refractivity contribution < 1.29 is 17.5 Å². The van der Waals surface area contributed by atoms with Crippen LogP contribution in [0.2, 0.25) is 0 Å². The zero-order valence-corrected chi connectivity index (χ0v) is 48.3. The predicted octanol–water partition coefficient (Wildman–Crippen LogP) is 22.6. The lowest BCUT2D eigenvalue weighted by molar-refractivity contribution is -0.774. The van der Waals surface area contributed by atoms with Crippen LogP contribution in [-0.4, -0.2) is 29.8 Å². The molecule has 0 atom stereocenters. The minimum absolute atomic E-state index is 0.262. The summed E-state index contributed by atoms with van der Waals surface area (Å²) < 4.78 is 35.2. The van der Waals surface area contributed by atoms with Crippen LogP contribution in [0, 0.1) is 0 Å². The molecular formula is C64H125NO3S. The molecule has 0 unspecified atom stereocenters. The highest BCUT2D eigenvalue weighted by Crippen LogP contribution is 2.21. The van der Waals surface area contributed by atoms with Gasteiger partial charge >= 0.3 is 0 Å². The van der Waals surface area contributed by atoms with Crippen LogP contribution in [0.1, 0.15) is 361 Å². The summed E-state index contributed by atoms with van der Waals surface area (Å²) in [5, 5.41) is 0. The van der Waals surface area contributed by atoms with Crippen LogP contribution < -0.4 is 0 Å². The van der Waals surface area contributed by atoms with Crippen molar-refractivity contribution in [1.29, 1.82) is 0 Å². The summed E-state index contributed by atoms with van der Waals surface area (Å²) in [7, 11) is -4.19. The molecule has 0 spiro atoms. The summed E-state index contributed by atoms with van der Waals surface area (Å²) in [6.45, 7) is 7.70. The Morgan fingerprint density at radius 3 is 0.652 bits per heavy atom. The van der Waals surface area contributed by atoms with E-state index in [1.165, 1.54) is 308 Å². The minimum atomic E-state index is -4.19. The third-order valence-electron chi connectivity index (χ3n) is 15.0. The molecule has 0 aliphatic carbocycles. The Hall–Kier alpha value is -0.910. The molecule has 0 bridgehead atoms. The van der Waals surface area contributed by atoms with Crippen molar-refractivity contribution >= 4 is 10.1 Å². The highest BCUT2D eigenvalue weighted by molar-refractivity contribution is 7.85. The van der Waals surface area contributed by atoms with Crippen molar-refractivity contribution in [3.63, 3.8) is 0 Å². The Morgan fingerprint density at radius 2 is 0.464 bits per heavy atom. The van der Waals surface area contributed by atoms with Crippen molar-refractivity contribution in [1.82, 2.24) is 0 Å². The van der Waals surface area contributed by atoms with Crippen molar-refractivity contribution in [2.45, 2.75) is 361 Å². The fourth-order valence-corrected chi connectivity index (χ4v) is 10.8. The molecule has 5 heteroatoms. The normalized spacial score (nSPS) is 12.6. The van der Waals surface area contributed by atoms with Crippen molar-refractivity contribution in [2.75, 3.05) is 12.3 Å². The quantitative estimate of drug-likeness (QED) is 0.0347. The Labute approximate surface area is 435 Å². The largest absolute Gasteiger partial charge is 0.748 e. The van der Waals surface area contributed by atoms with Gasteiger partial charge in [0.1, 0.15) is 18.6 Å². The van der Waals surface area contributed by atoms with Gasteiger partial charge in [-0.2, -0.15) is 0 Å². The zero-order chi connectivity index (χ0) is 50.1. The molecule has 0 fully saturated rings. The maximum Gasteiger partial charge on any atom is 0.101 e. The Kier molecular flexibility index (Phi) is 55.6. The predicted molar refractivity (Wildman–Crippen MR) is 309 cm³/mol. The van der Waals surface area contributed by atoms with E-state index >= 15 is 0 Å². The molecule has 0 N–H and O–H groups in total. The Bertz CT molecular complexity index is 1070. The maximum atomic E-state index is 11.5. The van der Waals surface area contributed by atoms with Gasteiger partial charge in [0.25, 0.3) is 0 Å². The van der Waals surface area contributed by atoms with Crippen LogP contribution >= 0.6 is 0 Å². The zero-order valence-electron chi connectivity index (χ0n) is 47.4. The standard InChI is InChI=1S/C64H125NO3S/c1-4-7-10-13-16-19-22-25-28-31-34-37-40-43-46-49-52-55-60-65(63-58-59-64-69(66,67)68,61-56-53-50-47-44-41-38-35-32-29-26-23-20-17-14-11-8-5-2)62-57-54-51-48-45-42-39-36-33-30-27-24-21-18-15-12-9-6-3/h55-57,60-62H,4-54,58-59,63-64H2,1-3H3/b60-55+,61-56+,62-57+. The van der Waals surface area contributed by atoms with Crippen LogP contribution in [0.3, 0.4) is 0 Å². The number of hydrogen-bond donors (Lipinski definition) is 0. The van der Waals surface area contributed by atoms with E-state index in [0.717, 1.165) is 32.2 Å². The smallest absolute Gasteiger partial charge is 0.101 e. The summed E-state index contributed by atoms with van der Waals surface area (Å²) in [4.78, 5) is 0. The average molecular weight is 989 g/mol. The van der Waals surface area contributed by atoms with E-state index in [-0.39, 0.29) is 5.75 Å². The molecule has 0 saturated heterocycles. The average Bonchev–Trinajstić information content (AvgIpc) is 3.33. The molecular weight excluding hydrogens is 863 g/mol. The van der Waals surface area contributed by atoms with E-state index in [1.54, 1.807) is 0 Å². The first-order valence-corrected chi connectivity index (χ1v) is 33.3. The second-order valence-electron chi connectivity index (χ2n) is 22.1. The Balaban J connectivity index is 4.91. The lowest BCUT2D eigenvalue weighted by Gasteiger charge is -2.27. The van der Waals surface area contributed by atoms with Crippen LogP contribution in [0.5, 0.6) is 0 Å². The lowest BCUT2D eigenvalue weighted by Crippen LogP contribution is -2.32. The number of nitrogens with zero attached hydrogens (tertiary/aromatic N) is 1. The third kappa shape index (κ3) is 56.2. The van der Waals surface area contributed by atoms with Gasteiger partial charge in [-0.15, -0.1) is 0 Å². The van der Waals surface area contributed by atoms with Gasteiger partial charge in [0.2, 0.25) is 0 Å². The molecule has 0 radical (unpaired) electrons. The lowest BCUT2D eigenvalue weighted by atomic mass is 10.0. The first kappa shape index (κ1) is 68.1. The van der Waals surface area contributed by atoms with Crippen LogP contribution in [0.25, 0.3) is 0 Å². The summed E-state index contributed by atoms with van der Waals surface area (Å²) in [6, 6.07) is 0. The van der Waals surface area contributed by atoms with Gasteiger partial charge in [-0.05, 0) is 69.6 Å². The first-order chi connectivity index (χ1) is 33.9. The topological polar surface area (TPSA) is 57.2 Å². The third-order valence-corrected chi connectivity index (χ3v) is 15.8. The van der Waals surface area contributed by atoms with Gasteiger partial charge in [0.05, 0.1) is 16.7 Å². The van der Waals surface area contributed by atoms with Crippen molar-refractivity contribution in [3.05, 3.63) is 36.8 Å². The first-order valence-electron chi connectivity index (χ1n) is 31.7. The van der Waals surface area contributed by atoms with Gasteiger partial charge in [-0.3, -0.25) is 0 Å². The number of allylic oxidation sites excluding steroid dienone is 3.